The van der Waals surface area contributed by atoms with E-state index in [0.717, 1.165) is 5.69 Å². The van der Waals surface area contributed by atoms with E-state index in [4.69, 9.17) is 9.47 Å². The highest BCUT2D eigenvalue weighted by atomic mass is 16.5. The van der Waals surface area contributed by atoms with Crippen molar-refractivity contribution in [2.45, 2.75) is 33.4 Å². The molecule has 0 amide bonds. The fraction of sp³-hybridized carbons (Fsp3) is 0.375. The van der Waals surface area contributed by atoms with Crippen LogP contribution in [0.4, 0.5) is 0 Å². The van der Waals surface area contributed by atoms with E-state index >= 15 is 0 Å². The van der Waals surface area contributed by atoms with E-state index in [9.17, 15) is 4.79 Å². The van der Waals surface area contributed by atoms with Crippen LogP contribution in [0.25, 0.3) is 0 Å². The molecule has 1 heterocycles. The average Bonchev–Trinajstić information content (AvgIpc) is 2.93. The summed E-state index contributed by atoms with van der Waals surface area (Å²) in [5.74, 6) is 1.14. The van der Waals surface area contributed by atoms with Crippen molar-refractivity contribution in [1.29, 1.82) is 0 Å². The summed E-state index contributed by atoms with van der Waals surface area (Å²) in [6.45, 7) is 6.02. The molecule has 0 saturated carbocycles. The van der Waals surface area contributed by atoms with Crippen LogP contribution in [-0.2, 0) is 6.61 Å². The first-order chi connectivity index (χ1) is 10.0. The zero-order chi connectivity index (χ0) is 15.4. The van der Waals surface area contributed by atoms with Gasteiger partial charge in [0.1, 0.15) is 6.61 Å². The molecule has 0 bridgehead atoms. The number of benzene rings is 1. The quantitative estimate of drug-likeness (QED) is 0.766. The van der Waals surface area contributed by atoms with Crippen molar-refractivity contribution >= 4 is 5.78 Å². The largest absolute Gasteiger partial charge is 0.493 e. The number of ketones is 1. The van der Waals surface area contributed by atoms with Crippen molar-refractivity contribution in [3.05, 3.63) is 41.7 Å². The fourth-order valence-electron chi connectivity index (χ4n) is 1.90. The van der Waals surface area contributed by atoms with Crippen LogP contribution in [0.15, 0.2) is 30.5 Å². The predicted molar refractivity (Wildman–Crippen MR) is 79.9 cm³/mol. The number of aromatic nitrogens is 2. The molecule has 2 rings (SSSR count). The Morgan fingerprint density at radius 2 is 2.05 bits per heavy atom. The number of ether oxygens (including phenoxy) is 2. The first kappa shape index (κ1) is 15.1. The SMILES string of the molecule is COc1cc(C(C)=O)ccc1OCc1ccn(C(C)C)n1. The minimum absolute atomic E-state index is 0.00414. The first-order valence-corrected chi connectivity index (χ1v) is 6.87. The smallest absolute Gasteiger partial charge is 0.161 e. The van der Waals surface area contributed by atoms with Crippen molar-refractivity contribution in [3.8, 4) is 11.5 Å². The van der Waals surface area contributed by atoms with E-state index in [2.05, 4.69) is 18.9 Å². The Morgan fingerprint density at radius 1 is 1.29 bits per heavy atom. The molecule has 21 heavy (non-hydrogen) atoms. The van der Waals surface area contributed by atoms with Gasteiger partial charge in [-0.25, -0.2) is 0 Å². The van der Waals surface area contributed by atoms with Crippen LogP contribution < -0.4 is 9.47 Å². The molecule has 0 aliphatic heterocycles. The molecule has 5 nitrogen and oxygen atoms in total. The maximum atomic E-state index is 11.4. The Morgan fingerprint density at radius 3 is 2.62 bits per heavy atom. The Kier molecular flexibility index (Phi) is 4.62. The molecular formula is C16H20N2O3. The summed E-state index contributed by atoms with van der Waals surface area (Å²) in [5, 5.41) is 4.42. The summed E-state index contributed by atoms with van der Waals surface area (Å²) in [6.07, 6.45) is 1.93. The lowest BCUT2D eigenvalue weighted by molar-refractivity contribution is 0.101. The van der Waals surface area contributed by atoms with E-state index in [0.29, 0.717) is 29.7 Å². The summed E-state index contributed by atoms with van der Waals surface area (Å²) in [4.78, 5) is 11.4. The van der Waals surface area contributed by atoms with Crippen LogP contribution in [0.3, 0.4) is 0 Å². The Labute approximate surface area is 124 Å². The third kappa shape index (κ3) is 3.62. The summed E-state index contributed by atoms with van der Waals surface area (Å²) in [6, 6.07) is 7.41. The van der Waals surface area contributed by atoms with Crippen molar-refractivity contribution in [3.63, 3.8) is 0 Å². The lowest BCUT2D eigenvalue weighted by Crippen LogP contribution is -2.04. The Bertz CT molecular complexity index is 632. The molecule has 0 saturated heterocycles. The number of rotatable bonds is 6. The predicted octanol–water partition coefficient (Wildman–Crippen LogP) is 3.25. The second-order valence-electron chi connectivity index (χ2n) is 5.09. The highest BCUT2D eigenvalue weighted by molar-refractivity contribution is 5.94. The minimum Gasteiger partial charge on any atom is -0.493 e. The lowest BCUT2D eigenvalue weighted by Gasteiger charge is -2.10. The number of hydrogen-bond acceptors (Lipinski definition) is 4. The average molecular weight is 288 g/mol. The molecule has 5 heteroatoms. The van der Waals surface area contributed by atoms with Crippen LogP contribution in [0.1, 0.15) is 42.9 Å². The van der Waals surface area contributed by atoms with Gasteiger partial charge in [-0.15, -0.1) is 0 Å². The Hall–Kier alpha value is -2.30. The number of Topliss-reactive ketones (excluding diaryl/α,β-unsaturated/α-hetero) is 1. The van der Waals surface area contributed by atoms with Crippen molar-refractivity contribution < 1.29 is 14.3 Å². The highest BCUT2D eigenvalue weighted by Gasteiger charge is 2.09. The van der Waals surface area contributed by atoms with Gasteiger partial charge in [0.15, 0.2) is 17.3 Å². The monoisotopic (exact) mass is 288 g/mol. The van der Waals surface area contributed by atoms with Gasteiger partial charge in [0.05, 0.1) is 12.8 Å². The van der Waals surface area contributed by atoms with Crippen LogP contribution in [0, 0.1) is 0 Å². The van der Waals surface area contributed by atoms with Gasteiger partial charge in [-0.3, -0.25) is 9.48 Å². The van der Waals surface area contributed by atoms with Gasteiger partial charge in [-0.1, -0.05) is 0 Å². The maximum absolute atomic E-state index is 11.4. The standard InChI is InChI=1S/C16H20N2O3/c1-11(2)18-8-7-14(17-18)10-21-15-6-5-13(12(3)19)9-16(15)20-4/h5-9,11H,10H2,1-4H3. The molecule has 0 N–H and O–H groups in total. The van der Waals surface area contributed by atoms with E-state index in [1.165, 1.54) is 6.92 Å². The van der Waals surface area contributed by atoms with Gasteiger partial charge in [0.25, 0.3) is 0 Å². The van der Waals surface area contributed by atoms with Gasteiger partial charge in [-0.05, 0) is 45.0 Å². The van der Waals surface area contributed by atoms with Gasteiger partial charge in [0.2, 0.25) is 0 Å². The highest BCUT2D eigenvalue weighted by Crippen LogP contribution is 2.28. The summed E-state index contributed by atoms with van der Waals surface area (Å²) in [5.41, 5.74) is 1.45. The molecule has 1 aromatic heterocycles. The van der Waals surface area contributed by atoms with E-state index < -0.39 is 0 Å². The van der Waals surface area contributed by atoms with Gasteiger partial charge >= 0.3 is 0 Å². The molecule has 2 aromatic rings. The number of hydrogen-bond donors (Lipinski definition) is 0. The maximum Gasteiger partial charge on any atom is 0.161 e. The topological polar surface area (TPSA) is 53.4 Å². The first-order valence-electron chi connectivity index (χ1n) is 6.87. The summed E-state index contributed by atoms with van der Waals surface area (Å²) >= 11 is 0. The van der Waals surface area contributed by atoms with Gasteiger partial charge in [0, 0.05) is 17.8 Å². The normalized spacial score (nSPS) is 10.7. The van der Waals surface area contributed by atoms with Crippen LogP contribution in [0.2, 0.25) is 0 Å². The molecule has 1 aromatic carbocycles. The van der Waals surface area contributed by atoms with Gasteiger partial charge in [-0.2, -0.15) is 5.10 Å². The third-order valence-electron chi connectivity index (χ3n) is 3.14. The number of carbonyl (C=O) groups excluding carboxylic acids is 1. The minimum atomic E-state index is -0.00414. The van der Waals surface area contributed by atoms with Gasteiger partial charge < -0.3 is 9.47 Å². The zero-order valence-electron chi connectivity index (χ0n) is 12.8. The third-order valence-corrected chi connectivity index (χ3v) is 3.14. The van der Waals surface area contributed by atoms with Crippen LogP contribution in [-0.4, -0.2) is 22.7 Å². The van der Waals surface area contributed by atoms with E-state index in [1.54, 1.807) is 25.3 Å². The zero-order valence-corrected chi connectivity index (χ0v) is 12.8. The van der Waals surface area contributed by atoms with Crippen molar-refractivity contribution in [1.82, 2.24) is 9.78 Å². The number of nitrogens with zero attached hydrogens (tertiary/aromatic N) is 2. The second-order valence-corrected chi connectivity index (χ2v) is 5.09. The molecule has 0 spiro atoms. The fourth-order valence-corrected chi connectivity index (χ4v) is 1.90. The molecule has 0 aliphatic rings. The summed E-state index contributed by atoms with van der Waals surface area (Å²) in [7, 11) is 1.56. The number of carbonyl (C=O) groups is 1. The molecule has 0 radical (unpaired) electrons. The van der Waals surface area contributed by atoms with E-state index in [-0.39, 0.29) is 5.78 Å². The van der Waals surface area contributed by atoms with Crippen LogP contribution in [0.5, 0.6) is 11.5 Å². The molecule has 112 valence electrons. The molecule has 0 unspecified atom stereocenters. The van der Waals surface area contributed by atoms with Crippen molar-refractivity contribution in [2.24, 2.45) is 0 Å². The molecule has 0 atom stereocenters. The second kappa shape index (κ2) is 6.43. The molecule has 0 aliphatic carbocycles. The molecular weight excluding hydrogens is 268 g/mol. The number of methoxy groups -OCH3 is 1. The Balaban J connectivity index is 2.10. The van der Waals surface area contributed by atoms with E-state index in [1.807, 2.05) is 16.9 Å². The summed E-state index contributed by atoms with van der Waals surface area (Å²) < 4.78 is 12.9. The lowest BCUT2D eigenvalue weighted by atomic mass is 10.1. The molecule has 0 fully saturated rings. The van der Waals surface area contributed by atoms with Crippen molar-refractivity contribution in [2.75, 3.05) is 7.11 Å². The van der Waals surface area contributed by atoms with Crippen LogP contribution >= 0.6 is 0 Å².